The fourth-order valence-corrected chi connectivity index (χ4v) is 6.08. The Labute approximate surface area is 224 Å². The molecule has 0 aliphatic heterocycles. The second-order valence-corrected chi connectivity index (χ2v) is 11.8. The van der Waals surface area contributed by atoms with Gasteiger partial charge in [0.05, 0.1) is 18.9 Å². The van der Waals surface area contributed by atoms with Crippen molar-refractivity contribution < 1.29 is 39.2 Å². The molecule has 0 saturated carbocycles. The van der Waals surface area contributed by atoms with Crippen molar-refractivity contribution in [2.75, 3.05) is 11.5 Å². The van der Waals surface area contributed by atoms with E-state index < -0.39 is 18.0 Å². The molecule has 0 aromatic rings. The number of aldehydes is 1. The molecule has 0 radical (unpaired) electrons. The highest BCUT2D eigenvalue weighted by molar-refractivity contribution is 8.00. The number of carbonyl (C=O) groups is 4. The quantitative estimate of drug-likeness (QED) is 0.0776. The van der Waals surface area contributed by atoms with Crippen LogP contribution in [0.1, 0.15) is 104 Å². The highest BCUT2D eigenvalue weighted by Gasteiger charge is 2.18. The van der Waals surface area contributed by atoms with Crippen LogP contribution in [0.25, 0.3) is 0 Å². The Morgan fingerprint density at radius 2 is 1.33 bits per heavy atom. The maximum Gasteiger partial charge on any atom is 0.306 e. The first-order valence-electron chi connectivity index (χ1n) is 13.2. The minimum Gasteiger partial charge on any atom is -0.481 e. The number of carboxylic acids is 2. The maximum atomic E-state index is 12.4. The Morgan fingerprint density at radius 1 is 0.778 bits per heavy atom. The molecule has 0 heterocycles. The van der Waals surface area contributed by atoms with Gasteiger partial charge < -0.3 is 24.9 Å². The predicted octanol–water partition coefficient (Wildman–Crippen LogP) is 5.33. The van der Waals surface area contributed by atoms with Gasteiger partial charge in [0.2, 0.25) is 0 Å². The molecule has 0 aromatic carbocycles. The molecular formula is C26H46O8S2. The number of thioether (sulfide) groups is 2. The molecule has 0 amide bonds. The van der Waals surface area contributed by atoms with Gasteiger partial charge in [-0.05, 0) is 64.2 Å². The molecule has 0 rings (SSSR count). The standard InChI is InChI=1S/C26H46O8S2/c1-3-22(35-18-15-24(29)30)13-11-20(28)8-7-10-26(33)34-21(9-5-6-17-27)12-14-23(4-2)36-19-16-25(31)32/h17,20-23,28H,3-16,18-19H2,1-2H3,(H,29,30)(H,31,32). The Morgan fingerprint density at radius 3 is 1.83 bits per heavy atom. The first-order valence-corrected chi connectivity index (χ1v) is 15.3. The van der Waals surface area contributed by atoms with Crippen LogP contribution in [-0.4, -0.2) is 73.7 Å². The molecule has 4 atom stereocenters. The Bertz CT molecular complexity index is 617. The third kappa shape index (κ3) is 20.9. The number of aliphatic hydroxyl groups is 1. The third-order valence-corrected chi connectivity index (χ3v) is 8.91. The van der Waals surface area contributed by atoms with Gasteiger partial charge in [0, 0.05) is 34.8 Å². The van der Waals surface area contributed by atoms with E-state index in [0.717, 1.165) is 32.0 Å². The number of esters is 1. The number of hydrogen-bond acceptors (Lipinski definition) is 8. The molecule has 0 aliphatic rings. The van der Waals surface area contributed by atoms with Gasteiger partial charge in [-0.3, -0.25) is 14.4 Å². The van der Waals surface area contributed by atoms with Gasteiger partial charge in [0.25, 0.3) is 0 Å². The van der Waals surface area contributed by atoms with Crippen molar-refractivity contribution >= 4 is 47.7 Å². The molecule has 10 heteroatoms. The topological polar surface area (TPSA) is 138 Å². The Hall–Kier alpha value is -1.26. The van der Waals surface area contributed by atoms with Crippen molar-refractivity contribution in [3.63, 3.8) is 0 Å². The number of aliphatic carboxylic acids is 2. The first-order chi connectivity index (χ1) is 17.2. The average molecular weight is 551 g/mol. The second-order valence-electron chi connectivity index (χ2n) is 9.00. The lowest BCUT2D eigenvalue weighted by molar-refractivity contribution is -0.150. The molecule has 0 aromatic heterocycles. The summed E-state index contributed by atoms with van der Waals surface area (Å²) < 4.78 is 5.70. The summed E-state index contributed by atoms with van der Waals surface area (Å²) in [4.78, 5) is 44.5. The molecule has 4 unspecified atom stereocenters. The van der Waals surface area contributed by atoms with E-state index in [1.165, 1.54) is 0 Å². The normalized spacial score (nSPS) is 14.5. The molecule has 0 saturated heterocycles. The summed E-state index contributed by atoms with van der Waals surface area (Å²) in [5, 5.41) is 28.5. The molecule has 36 heavy (non-hydrogen) atoms. The number of aliphatic hydroxyl groups excluding tert-OH is 1. The van der Waals surface area contributed by atoms with Crippen LogP contribution in [0, 0.1) is 0 Å². The molecule has 8 nitrogen and oxygen atoms in total. The fourth-order valence-electron chi connectivity index (χ4n) is 3.75. The maximum absolute atomic E-state index is 12.4. The van der Waals surface area contributed by atoms with E-state index in [1.807, 2.05) is 0 Å². The minimum atomic E-state index is -0.803. The van der Waals surface area contributed by atoms with E-state index >= 15 is 0 Å². The van der Waals surface area contributed by atoms with Crippen molar-refractivity contribution in [3.05, 3.63) is 0 Å². The van der Waals surface area contributed by atoms with Crippen LogP contribution in [0.4, 0.5) is 0 Å². The van der Waals surface area contributed by atoms with Crippen molar-refractivity contribution in [2.45, 2.75) is 126 Å². The van der Waals surface area contributed by atoms with Gasteiger partial charge in [-0.2, -0.15) is 23.5 Å². The zero-order valence-corrected chi connectivity index (χ0v) is 23.5. The van der Waals surface area contributed by atoms with Crippen molar-refractivity contribution in [1.29, 1.82) is 0 Å². The van der Waals surface area contributed by atoms with Crippen molar-refractivity contribution in [2.24, 2.45) is 0 Å². The number of hydrogen-bond donors (Lipinski definition) is 3. The number of unbranched alkanes of at least 4 members (excludes halogenated alkanes) is 1. The summed E-state index contributed by atoms with van der Waals surface area (Å²) in [6.45, 7) is 4.12. The van der Waals surface area contributed by atoms with Crippen LogP contribution in [0.5, 0.6) is 0 Å². The lowest BCUT2D eigenvalue weighted by Crippen LogP contribution is -2.20. The summed E-state index contributed by atoms with van der Waals surface area (Å²) in [5.41, 5.74) is 0. The molecule has 0 spiro atoms. The van der Waals surface area contributed by atoms with Gasteiger partial charge in [-0.15, -0.1) is 0 Å². The zero-order chi connectivity index (χ0) is 27.2. The summed E-state index contributed by atoms with van der Waals surface area (Å²) in [6, 6.07) is 0. The smallest absolute Gasteiger partial charge is 0.306 e. The SMILES string of the molecule is CCC(CCC(O)CCCC(=O)OC(CCCC=O)CCC(CC)SCCC(=O)O)SCCC(=O)O. The molecule has 210 valence electrons. The van der Waals surface area contributed by atoms with Crippen LogP contribution >= 0.6 is 23.5 Å². The molecule has 0 aliphatic carbocycles. The Balaban J connectivity index is 4.38. The largest absolute Gasteiger partial charge is 0.481 e. The average Bonchev–Trinajstić information content (AvgIpc) is 2.82. The number of carboxylic acid groups (broad SMARTS) is 2. The van der Waals surface area contributed by atoms with Gasteiger partial charge in [0.1, 0.15) is 12.4 Å². The summed E-state index contributed by atoms with van der Waals surface area (Å²) in [6.07, 6.45) is 8.16. The van der Waals surface area contributed by atoms with Crippen molar-refractivity contribution in [1.82, 2.24) is 0 Å². The van der Waals surface area contributed by atoms with E-state index in [2.05, 4.69) is 13.8 Å². The van der Waals surface area contributed by atoms with E-state index in [9.17, 15) is 24.3 Å². The first kappa shape index (κ1) is 34.7. The van der Waals surface area contributed by atoms with E-state index in [-0.39, 0.29) is 31.3 Å². The van der Waals surface area contributed by atoms with Crippen LogP contribution in [-0.2, 0) is 23.9 Å². The van der Waals surface area contributed by atoms with E-state index in [1.54, 1.807) is 23.5 Å². The molecule has 0 fully saturated rings. The Kier molecular flexibility index (Phi) is 22.1. The number of carbonyl (C=O) groups excluding carboxylic acids is 2. The van der Waals surface area contributed by atoms with Gasteiger partial charge in [-0.25, -0.2) is 0 Å². The van der Waals surface area contributed by atoms with Crippen LogP contribution in [0.15, 0.2) is 0 Å². The lowest BCUT2D eigenvalue weighted by Gasteiger charge is -2.21. The van der Waals surface area contributed by atoms with Crippen LogP contribution < -0.4 is 0 Å². The van der Waals surface area contributed by atoms with E-state index in [0.29, 0.717) is 67.0 Å². The summed E-state index contributed by atoms with van der Waals surface area (Å²) in [7, 11) is 0. The van der Waals surface area contributed by atoms with Crippen LogP contribution in [0.3, 0.4) is 0 Å². The molecular weight excluding hydrogens is 504 g/mol. The summed E-state index contributed by atoms with van der Waals surface area (Å²) >= 11 is 3.27. The summed E-state index contributed by atoms with van der Waals surface area (Å²) in [5.74, 6) is -0.756. The number of rotatable bonds is 25. The van der Waals surface area contributed by atoms with Gasteiger partial charge >= 0.3 is 17.9 Å². The highest BCUT2D eigenvalue weighted by atomic mass is 32.2. The van der Waals surface area contributed by atoms with Gasteiger partial charge in [-0.1, -0.05) is 13.8 Å². The fraction of sp³-hybridized carbons (Fsp3) is 0.846. The highest BCUT2D eigenvalue weighted by Crippen LogP contribution is 2.25. The molecule has 3 N–H and O–H groups in total. The zero-order valence-electron chi connectivity index (χ0n) is 21.9. The second kappa shape index (κ2) is 22.9. The third-order valence-electron chi connectivity index (χ3n) is 5.95. The van der Waals surface area contributed by atoms with Gasteiger partial charge in [0.15, 0.2) is 0 Å². The molecule has 0 bridgehead atoms. The monoisotopic (exact) mass is 550 g/mol. The van der Waals surface area contributed by atoms with E-state index in [4.69, 9.17) is 14.9 Å². The minimum absolute atomic E-state index is 0.132. The number of ether oxygens (including phenoxy) is 1. The lowest BCUT2D eigenvalue weighted by atomic mass is 10.0. The van der Waals surface area contributed by atoms with Crippen molar-refractivity contribution in [3.8, 4) is 0 Å². The predicted molar refractivity (Wildman–Crippen MR) is 146 cm³/mol. The van der Waals surface area contributed by atoms with Crippen LogP contribution in [0.2, 0.25) is 0 Å².